The first-order chi connectivity index (χ1) is 11.2. The van der Waals surface area contributed by atoms with Crippen LogP contribution in [0.2, 0.25) is 0 Å². The van der Waals surface area contributed by atoms with Crippen molar-refractivity contribution in [2.24, 2.45) is 4.99 Å². The van der Waals surface area contributed by atoms with Crippen molar-refractivity contribution in [2.75, 3.05) is 6.61 Å². The Labute approximate surface area is 133 Å². The second-order valence-corrected chi connectivity index (χ2v) is 4.86. The molecule has 0 atom stereocenters. The highest BCUT2D eigenvalue weighted by molar-refractivity contribution is 6.12. The Kier molecular flexibility index (Phi) is 4.10. The molecule has 5 nitrogen and oxygen atoms in total. The molecule has 0 aliphatic carbocycles. The van der Waals surface area contributed by atoms with Crippen LogP contribution in [0.4, 0.5) is 0 Å². The normalized spacial score (nSPS) is 15.4. The summed E-state index contributed by atoms with van der Waals surface area (Å²) in [5.41, 5.74) is 1.64. The molecule has 2 aromatic rings. The van der Waals surface area contributed by atoms with E-state index in [1.165, 1.54) is 6.07 Å². The Morgan fingerprint density at radius 3 is 2.74 bits per heavy atom. The van der Waals surface area contributed by atoms with Gasteiger partial charge in [-0.1, -0.05) is 24.3 Å². The van der Waals surface area contributed by atoms with Gasteiger partial charge in [0.2, 0.25) is 5.90 Å². The van der Waals surface area contributed by atoms with Crippen LogP contribution in [-0.2, 0) is 9.53 Å². The molecule has 0 fully saturated rings. The predicted molar refractivity (Wildman–Crippen MR) is 86.3 cm³/mol. The summed E-state index contributed by atoms with van der Waals surface area (Å²) in [6.07, 6.45) is 1.60. The lowest BCUT2D eigenvalue weighted by atomic mass is 10.1. The molecule has 0 saturated heterocycles. The van der Waals surface area contributed by atoms with E-state index in [1.807, 2.05) is 37.3 Å². The highest BCUT2D eigenvalue weighted by atomic mass is 16.6. The number of benzene rings is 2. The molecular formula is C18H15NO4. The van der Waals surface area contributed by atoms with E-state index in [1.54, 1.807) is 18.2 Å². The number of nitrogens with zero attached hydrogens (tertiary/aromatic N) is 1. The SMILES string of the molecule is CCOc1cc(/C=C2/N=C(c3ccccc3)OC2=O)ccc1O. The lowest BCUT2D eigenvalue weighted by molar-refractivity contribution is -0.129. The number of hydrogen-bond acceptors (Lipinski definition) is 5. The van der Waals surface area contributed by atoms with Crippen molar-refractivity contribution >= 4 is 17.9 Å². The molecule has 116 valence electrons. The molecule has 1 aliphatic heterocycles. The number of phenols is 1. The fourth-order valence-corrected chi connectivity index (χ4v) is 2.16. The summed E-state index contributed by atoms with van der Waals surface area (Å²) in [5.74, 6) is 0.192. The molecular weight excluding hydrogens is 294 g/mol. The molecule has 0 aromatic heterocycles. The van der Waals surface area contributed by atoms with Gasteiger partial charge in [-0.2, -0.15) is 0 Å². The standard InChI is InChI=1S/C18H15NO4/c1-2-22-16-11-12(8-9-15(16)20)10-14-18(21)23-17(19-14)13-6-4-3-5-7-13/h3-11,20H,2H2,1H3/b14-10+. The maximum Gasteiger partial charge on any atom is 0.363 e. The molecule has 1 N–H and O–H groups in total. The van der Waals surface area contributed by atoms with Gasteiger partial charge in [-0.3, -0.25) is 0 Å². The summed E-state index contributed by atoms with van der Waals surface area (Å²) in [6.45, 7) is 2.27. The van der Waals surface area contributed by atoms with Gasteiger partial charge in [-0.05, 0) is 42.8 Å². The first-order valence-corrected chi connectivity index (χ1v) is 7.21. The van der Waals surface area contributed by atoms with Gasteiger partial charge < -0.3 is 14.6 Å². The number of rotatable bonds is 4. The lowest BCUT2D eigenvalue weighted by Crippen LogP contribution is -2.04. The summed E-state index contributed by atoms with van der Waals surface area (Å²) < 4.78 is 10.5. The molecule has 0 unspecified atom stereocenters. The third-order valence-electron chi connectivity index (χ3n) is 3.23. The zero-order valence-corrected chi connectivity index (χ0v) is 12.5. The van der Waals surface area contributed by atoms with E-state index in [4.69, 9.17) is 9.47 Å². The maximum atomic E-state index is 12.0. The molecule has 2 aromatic carbocycles. The monoisotopic (exact) mass is 309 g/mol. The summed E-state index contributed by atoms with van der Waals surface area (Å²) in [6, 6.07) is 14.1. The van der Waals surface area contributed by atoms with Crippen LogP contribution in [-0.4, -0.2) is 23.6 Å². The van der Waals surface area contributed by atoms with E-state index < -0.39 is 5.97 Å². The van der Waals surface area contributed by atoms with Crippen molar-refractivity contribution in [3.63, 3.8) is 0 Å². The highest BCUT2D eigenvalue weighted by Gasteiger charge is 2.24. The largest absolute Gasteiger partial charge is 0.504 e. The van der Waals surface area contributed by atoms with Crippen molar-refractivity contribution < 1.29 is 19.4 Å². The maximum absolute atomic E-state index is 12.0. The number of cyclic esters (lactones) is 1. The van der Waals surface area contributed by atoms with Crippen LogP contribution in [0, 0.1) is 0 Å². The Morgan fingerprint density at radius 1 is 1.22 bits per heavy atom. The summed E-state index contributed by atoms with van der Waals surface area (Å²) >= 11 is 0. The molecule has 0 bridgehead atoms. The van der Waals surface area contributed by atoms with Crippen LogP contribution < -0.4 is 4.74 Å². The van der Waals surface area contributed by atoms with Crippen LogP contribution in [0.25, 0.3) is 6.08 Å². The zero-order valence-electron chi connectivity index (χ0n) is 12.5. The number of carbonyl (C=O) groups is 1. The minimum atomic E-state index is -0.505. The number of phenolic OH excluding ortho intramolecular Hbond substituents is 1. The van der Waals surface area contributed by atoms with Gasteiger partial charge in [0.1, 0.15) is 0 Å². The van der Waals surface area contributed by atoms with Gasteiger partial charge in [0.05, 0.1) is 6.61 Å². The molecule has 1 aliphatic rings. The number of esters is 1. The number of hydrogen-bond donors (Lipinski definition) is 1. The quantitative estimate of drug-likeness (QED) is 0.696. The number of carbonyl (C=O) groups excluding carboxylic acids is 1. The van der Waals surface area contributed by atoms with Crippen LogP contribution in [0.5, 0.6) is 11.5 Å². The summed E-state index contributed by atoms with van der Waals surface area (Å²) in [4.78, 5) is 16.2. The third kappa shape index (κ3) is 3.23. The number of ether oxygens (including phenoxy) is 2. The van der Waals surface area contributed by atoms with Gasteiger partial charge in [0, 0.05) is 5.56 Å². The Bertz CT molecular complexity index is 794. The van der Waals surface area contributed by atoms with E-state index in [0.717, 1.165) is 5.56 Å². The second-order valence-electron chi connectivity index (χ2n) is 4.86. The Hall–Kier alpha value is -3.08. The lowest BCUT2D eigenvalue weighted by Gasteiger charge is -2.06. The molecule has 0 spiro atoms. The Morgan fingerprint density at radius 2 is 2.00 bits per heavy atom. The fraction of sp³-hybridized carbons (Fsp3) is 0.111. The van der Waals surface area contributed by atoms with Crippen LogP contribution in [0.1, 0.15) is 18.1 Å². The molecule has 5 heteroatoms. The van der Waals surface area contributed by atoms with Gasteiger partial charge in [0.25, 0.3) is 0 Å². The van der Waals surface area contributed by atoms with E-state index >= 15 is 0 Å². The second kappa shape index (κ2) is 6.36. The first kappa shape index (κ1) is 14.8. The van der Waals surface area contributed by atoms with Gasteiger partial charge in [0.15, 0.2) is 17.2 Å². The molecule has 3 rings (SSSR count). The summed E-state index contributed by atoms with van der Waals surface area (Å²) in [7, 11) is 0. The van der Waals surface area contributed by atoms with E-state index in [0.29, 0.717) is 17.9 Å². The van der Waals surface area contributed by atoms with E-state index in [-0.39, 0.29) is 17.3 Å². The molecule has 0 amide bonds. The van der Waals surface area contributed by atoms with Crippen molar-refractivity contribution in [3.8, 4) is 11.5 Å². The highest BCUT2D eigenvalue weighted by Crippen LogP contribution is 2.28. The first-order valence-electron chi connectivity index (χ1n) is 7.21. The van der Waals surface area contributed by atoms with Gasteiger partial charge in [-0.25, -0.2) is 9.79 Å². The van der Waals surface area contributed by atoms with Crippen molar-refractivity contribution in [1.29, 1.82) is 0 Å². The topological polar surface area (TPSA) is 68.1 Å². The van der Waals surface area contributed by atoms with E-state index in [9.17, 15) is 9.90 Å². The predicted octanol–water partition coefficient (Wildman–Crippen LogP) is 3.14. The average Bonchev–Trinajstić information content (AvgIpc) is 2.93. The minimum Gasteiger partial charge on any atom is -0.504 e. The van der Waals surface area contributed by atoms with Crippen LogP contribution >= 0.6 is 0 Å². The molecule has 0 saturated carbocycles. The van der Waals surface area contributed by atoms with Crippen molar-refractivity contribution in [1.82, 2.24) is 0 Å². The molecule has 1 heterocycles. The number of aliphatic imine (C=N–C) groups is 1. The smallest absolute Gasteiger partial charge is 0.363 e. The minimum absolute atomic E-state index is 0.0523. The van der Waals surface area contributed by atoms with Crippen LogP contribution in [0.3, 0.4) is 0 Å². The third-order valence-corrected chi connectivity index (χ3v) is 3.23. The van der Waals surface area contributed by atoms with Crippen molar-refractivity contribution in [2.45, 2.75) is 6.92 Å². The van der Waals surface area contributed by atoms with Crippen molar-refractivity contribution in [3.05, 3.63) is 65.4 Å². The number of aromatic hydroxyl groups is 1. The molecule has 0 radical (unpaired) electrons. The molecule has 23 heavy (non-hydrogen) atoms. The fourth-order valence-electron chi connectivity index (χ4n) is 2.16. The summed E-state index contributed by atoms with van der Waals surface area (Å²) in [5, 5.41) is 9.70. The average molecular weight is 309 g/mol. The van der Waals surface area contributed by atoms with Crippen LogP contribution in [0.15, 0.2) is 59.2 Å². The zero-order chi connectivity index (χ0) is 16.2. The Balaban J connectivity index is 1.92. The van der Waals surface area contributed by atoms with Gasteiger partial charge in [-0.15, -0.1) is 0 Å². The van der Waals surface area contributed by atoms with E-state index in [2.05, 4.69) is 4.99 Å². The van der Waals surface area contributed by atoms with Gasteiger partial charge >= 0.3 is 5.97 Å².